The van der Waals surface area contributed by atoms with Crippen LogP contribution in [0, 0.1) is 11.8 Å². The predicted octanol–water partition coefficient (Wildman–Crippen LogP) is 2.50. The normalized spacial score (nSPS) is 29.4. The van der Waals surface area contributed by atoms with Crippen molar-refractivity contribution < 1.29 is 19.1 Å². The number of fused-ring (bicyclic) bond motifs is 1. The molecule has 1 saturated carbocycles. The highest BCUT2D eigenvalue weighted by molar-refractivity contribution is 6.09. The lowest BCUT2D eigenvalue weighted by molar-refractivity contribution is -0.140. The van der Waals surface area contributed by atoms with E-state index in [4.69, 9.17) is 4.74 Å². The highest BCUT2D eigenvalue weighted by atomic mass is 16.5. The Labute approximate surface area is 171 Å². The molecule has 4 rings (SSSR count). The van der Waals surface area contributed by atoms with E-state index in [0.29, 0.717) is 17.2 Å². The molecule has 7 heteroatoms. The predicted molar refractivity (Wildman–Crippen MR) is 107 cm³/mol. The van der Waals surface area contributed by atoms with E-state index >= 15 is 0 Å². The van der Waals surface area contributed by atoms with Crippen LogP contribution in [0.2, 0.25) is 0 Å². The van der Waals surface area contributed by atoms with Crippen LogP contribution in [0.4, 0.5) is 4.79 Å². The molecule has 1 aromatic rings. The molecule has 3 fully saturated rings. The van der Waals surface area contributed by atoms with Gasteiger partial charge in [0, 0.05) is 13.1 Å². The lowest BCUT2D eigenvalue weighted by atomic mass is 9.75. The quantitative estimate of drug-likeness (QED) is 0.789. The van der Waals surface area contributed by atoms with E-state index in [2.05, 4.69) is 5.32 Å². The Bertz CT molecular complexity index is 809. The van der Waals surface area contributed by atoms with Crippen LogP contribution in [0.25, 0.3) is 0 Å². The van der Waals surface area contributed by atoms with Crippen molar-refractivity contribution in [2.24, 2.45) is 11.8 Å². The Morgan fingerprint density at radius 1 is 1.14 bits per heavy atom. The summed E-state index contributed by atoms with van der Waals surface area (Å²) in [5, 5.41) is 2.76. The third kappa shape index (κ3) is 3.58. The average Bonchev–Trinajstić information content (AvgIpc) is 2.97. The van der Waals surface area contributed by atoms with Gasteiger partial charge in [-0.15, -0.1) is 0 Å². The van der Waals surface area contributed by atoms with Gasteiger partial charge in [-0.3, -0.25) is 14.5 Å². The number of nitrogens with one attached hydrogen (secondary N) is 1. The van der Waals surface area contributed by atoms with E-state index in [-0.39, 0.29) is 12.5 Å². The topological polar surface area (TPSA) is 79.0 Å². The molecule has 0 radical (unpaired) electrons. The number of ether oxygens (including phenoxy) is 1. The summed E-state index contributed by atoms with van der Waals surface area (Å²) in [6.45, 7) is 2.95. The minimum atomic E-state index is -1.18. The summed E-state index contributed by atoms with van der Waals surface area (Å²) < 4.78 is 5.16. The van der Waals surface area contributed by atoms with Gasteiger partial charge in [0.2, 0.25) is 5.91 Å². The number of hydrogen-bond acceptors (Lipinski definition) is 4. The largest absolute Gasteiger partial charge is 0.497 e. The Balaban J connectivity index is 1.44. The van der Waals surface area contributed by atoms with Crippen molar-refractivity contribution in [2.45, 2.75) is 44.6 Å². The van der Waals surface area contributed by atoms with Crippen LogP contribution in [0.15, 0.2) is 24.3 Å². The maximum absolute atomic E-state index is 13.1. The maximum Gasteiger partial charge on any atom is 0.325 e. The Hall–Kier alpha value is -2.57. The van der Waals surface area contributed by atoms with E-state index in [0.717, 1.165) is 30.3 Å². The molecule has 1 aliphatic carbocycles. The standard InChI is InChI=1S/C22H29N3O4/c1-22(17-7-9-18(29-2)10-8-17)20(27)25(21(28)23-22)14-19(26)24-12-11-15-5-3-4-6-16(15)13-24/h7-10,15-16H,3-6,11-14H2,1-2H3,(H,23,28)/t15-,16-,22+/m1/s1. The van der Waals surface area contributed by atoms with Crippen molar-refractivity contribution in [2.75, 3.05) is 26.7 Å². The number of carbonyl (C=O) groups is 3. The zero-order valence-corrected chi connectivity index (χ0v) is 17.1. The number of rotatable bonds is 4. The first-order valence-corrected chi connectivity index (χ1v) is 10.5. The third-order valence-electron chi connectivity index (χ3n) is 6.88. The van der Waals surface area contributed by atoms with Crippen molar-refractivity contribution >= 4 is 17.8 Å². The number of benzene rings is 1. The molecule has 4 amide bonds. The molecule has 0 aromatic heterocycles. The molecule has 2 saturated heterocycles. The lowest BCUT2D eigenvalue weighted by Crippen LogP contribution is -2.49. The first-order chi connectivity index (χ1) is 13.9. The molecule has 3 atom stereocenters. The van der Waals surface area contributed by atoms with Gasteiger partial charge >= 0.3 is 6.03 Å². The van der Waals surface area contributed by atoms with Gasteiger partial charge in [-0.05, 0) is 49.3 Å². The van der Waals surface area contributed by atoms with Crippen LogP contribution < -0.4 is 10.1 Å². The number of methoxy groups -OCH3 is 1. The second-order valence-electron chi connectivity index (χ2n) is 8.61. The van der Waals surface area contributed by atoms with Gasteiger partial charge in [0.15, 0.2) is 0 Å². The summed E-state index contributed by atoms with van der Waals surface area (Å²) in [4.78, 5) is 41.4. The van der Waals surface area contributed by atoms with E-state index in [1.165, 1.54) is 25.7 Å². The minimum Gasteiger partial charge on any atom is -0.497 e. The number of piperidine rings is 1. The van der Waals surface area contributed by atoms with Gasteiger partial charge in [0.25, 0.3) is 5.91 Å². The molecule has 1 aromatic carbocycles. The van der Waals surface area contributed by atoms with Crippen LogP contribution in [0.1, 0.15) is 44.6 Å². The Kier molecular flexibility index (Phi) is 5.23. The van der Waals surface area contributed by atoms with Crippen molar-refractivity contribution in [3.05, 3.63) is 29.8 Å². The second-order valence-corrected chi connectivity index (χ2v) is 8.61. The first-order valence-electron chi connectivity index (χ1n) is 10.5. The molecular weight excluding hydrogens is 370 g/mol. The van der Waals surface area contributed by atoms with Gasteiger partial charge in [-0.2, -0.15) is 0 Å². The second kappa shape index (κ2) is 7.69. The van der Waals surface area contributed by atoms with E-state index in [1.807, 2.05) is 4.90 Å². The summed E-state index contributed by atoms with van der Waals surface area (Å²) in [6.07, 6.45) is 5.99. The Morgan fingerprint density at radius 2 is 1.83 bits per heavy atom. The Morgan fingerprint density at radius 3 is 2.52 bits per heavy atom. The van der Waals surface area contributed by atoms with E-state index in [9.17, 15) is 14.4 Å². The molecular formula is C22H29N3O4. The first kappa shape index (κ1) is 19.7. The summed E-state index contributed by atoms with van der Waals surface area (Å²) in [7, 11) is 1.57. The van der Waals surface area contributed by atoms with Gasteiger partial charge in [0.05, 0.1) is 7.11 Å². The molecule has 156 valence electrons. The van der Waals surface area contributed by atoms with Gasteiger partial charge < -0.3 is 15.0 Å². The molecule has 3 aliphatic rings. The SMILES string of the molecule is COc1ccc([C@]2(C)NC(=O)N(CC(=O)N3CC[C@H]4CCCC[C@@H]4C3)C2=O)cc1. The number of nitrogens with zero attached hydrogens (tertiary/aromatic N) is 2. The molecule has 0 unspecified atom stereocenters. The zero-order valence-electron chi connectivity index (χ0n) is 17.1. The minimum absolute atomic E-state index is 0.142. The fourth-order valence-corrected chi connectivity index (χ4v) is 5.02. The lowest BCUT2D eigenvalue weighted by Gasteiger charge is -2.41. The van der Waals surface area contributed by atoms with Gasteiger partial charge in [-0.1, -0.05) is 31.4 Å². The molecule has 7 nitrogen and oxygen atoms in total. The van der Waals surface area contributed by atoms with Crippen LogP contribution in [0.5, 0.6) is 5.75 Å². The van der Waals surface area contributed by atoms with Gasteiger partial charge in [-0.25, -0.2) is 4.79 Å². The van der Waals surface area contributed by atoms with Gasteiger partial charge in [0.1, 0.15) is 17.8 Å². The van der Waals surface area contributed by atoms with Crippen LogP contribution in [-0.4, -0.2) is 54.4 Å². The third-order valence-corrected chi connectivity index (χ3v) is 6.88. The number of amides is 4. The highest BCUT2D eigenvalue weighted by Gasteiger charge is 2.50. The number of carbonyl (C=O) groups excluding carboxylic acids is 3. The fraction of sp³-hybridized carbons (Fsp3) is 0.591. The summed E-state index contributed by atoms with van der Waals surface area (Å²) >= 11 is 0. The van der Waals surface area contributed by atoms with Crippen molar-refractivity contribution in [3.63, 3.8) is 0 Å². The smallest absolute Gasteiger partial charge is 0.325 e. The van der Waals surface area contributed by atoms with Crippen molar-refractivity contribution in [1.82, 2.24) is 15.1 Å². The number of likely N-dealkylation sites (tertiary alicyclic amines) is 1. The molecule has 1 N–H and O–H groups in total. The number of urea groups is 1. The van der Waals surface area contributed by atoms with E-state index < -0.39 is 17.5 Å². The summed E-state index contributed by atoms with van der Waals surface area (Å²) in [5.74, 6) is 1.43. The van der Waals surface area contributed by atoms with Crippen molar-refractivity contribution in [3.8, 4) is 5.75 Å². The molecule has 2 heterocycles. The molecule has 29 heavy (non-hydrogen) atoms. The van der Waals surface area contributed by atoms with Crippen LogP contribution in [0.3, 0.4) is 0 Å². The number of hydrogen-bond donors (Lipinski definition) is 1. The number of imide groups is 1. The maximum atomic E-state index is 13.1. The zero-order chi connectivity index (χ0) is 20.6. The monoisotopic (exact) mass is 399 g/mol. The molecule has 0 spiro atoms. The van der Waals surface area contributed by atoms with Crippen molar-refractivity contribution in [1.29, 1.82) is 0 Å². The fourth-order valence-electron chi connectivity index (χ4n) is 5.02. The summed E-state index contributed by atoms with van der Waals surface area (Å²) in [6, 6.07) is 6.51. The summed E-state index contributed by atoms with van der Waals surface area (Å²) in [5.41, 5.74) is -0.519. The molecule has 0 bridgehead atoms. The molecule has 2 aliphatic heterocycles. The average molecular weight is 399 g/mol. The van der Waals surface area contributed by atoms with Crippen LogP contribution >= 0.6 is 0 Å². The van der Waals surface area contributed by atoms with Crippen LogP contribution in [-0.2, 0) is 15.1 Å². The highest BCUT2D eigenvalue weighted by Crippen LogP contribution is 2.36. The van der Waals surface area contributed by atoms with E-state index in [1.54, 1.807) is 38.3 Å².